The largest absolute Gasteiger partial charge is 0.476 e. The third-order valence-corrected chi connectivity index (χ3v) is 3.47. The molecule has 0 spiro atoms. The molecule has 2 rings (SSSR count). The Morgan fingerprint density at radius 1 is 1.20 bits per heavy atom. The molecule has 1 N–H and O–H groups in total. The highest BCUT2D eigenvalue weighted by atomic mass is 35.5. The van der Waals surface area contributed by atoms with E-state index < -0.39 is 11.6 Å². The van der Waals surface area contributed by atoms with E-state index in [1.54, 1.807) is 56.4 Å². The van der Waals surface area contributed by atoms with Crippen molar-refractivity contribution in [3.8, 4) is 5.75 Å². The SMILES string of the molecule is CC(C)(Oc1ccc(Cl)cc1)C(=O)OCCNC(=O)c1cccnc1. The maximum absolute atomic E-state index is 12.2. The number of ether oxygens (including phenoxy) is 2. The molecule has 1 heterocycles. The lowest BCUT2D eigenvalue weighted by molar-refractivity contribution is -0.159. The molecule has 0 atom stereocenters. The predicted molar refractivity (Wildman–Crippen MR) is 93.7 cm³/mol. The van der Waals surface area contributed by atoms with E-state index >= 15 is 0 Å². The monoisotopic (exact) mass is 362 g/mol. The van der Waals surface area contributed by atoms with Crippen molar-refractivity contribution in [2.45, 2.75) is 19.4 Å². The third-order valence-electron chi connectivity index (χ3n) is 3.22. The average molecular weight is 363 g/mol. The Hall–Kier alpha value is -2.60. The summed E-state index contributed by atoms with van der Waals surface area (Å²) in [6, 6.07) is 10.0. The third kappa shape index (κ3) is 5.76. The molecular weight excluding hydrogens is 344 g/mol. The number of nitrogens with one attached hydrogen (secondary N) is 1. The van der Waals surface area contributed by atoms with Crippen molar-refractivity contribution in [3.63, 3.8) is 0 Å². The van der Waals surface area contributed by atoms with Gasteiger partial charge in [0.05, 0.1) is 12.1 Å². The van der Waals surface area contributed by atoms with Crippen LogP contribution in [0.15, 0.2) is 48.8 Å². The molecule has 0 unspecified atom stereocenters. The minimum atomic E-state index is -1.17. The van der Waals surface area contributed by atoms with E-state index in [1.807, 2.05) is 0 Å². The van der Waals surface area contributed by atoms with Crippen LogP contribution in [-0.4, -0.2) is 35.6 Å². The van der Waals surface area contributed by atoms with Crippen molar-refractivity contribution < 1.29 is 19.1 Å². The number of benzene rings is 1. The van der Waals surface area contributed by atoms with Crippen molar-refractivity contribution in [1.82, 2.24) is 10.3 Å². The van der Waals surface area contributed by atoms with Gasteiger partial charge in [0.2, 0.25) is 0 Å². The Morgan fingerprint density at radius 2 is 1.92 bits per heavy atom. The first-order valence-electron chi connectivity index (χ1n) is 7.68. The maximum Gasteiger partial charge on any atom is 0.349 e. The smallest absolute Gasteiger partial charge is 0.349 e. The van der Waals surface area contributed by atoms with Crippen molar-refractivity contribution >= 4 is 23.5 Å². The first kappa shape index (κ1) is 18.7. The van der Waals surface area contributed by atoms with Crippen LogP contribution in [0, 0.1) is 0 Å². The molecule has 1 aromatic carbocycles. The molecule has 7 heteroatoms. The molecule has 132 valence electrons. The number of aromatic nitrogens is 1. The molecular formula is C18H19ClN2O4. The highest BCUT2D eigenvalue weighted by Crippen LogP contribution is 2.21. The second-order valence-corrected chi connectivity index (χ2v) is 6.14. The van der Waals surface area contributed by atoms with Gasteiger partial charge in [0, 0.05) is 17.4 Å². The number of amides is 1. The molecule has 25 heavy (non-hydrogen) atoms. The van der Waals surface area contributed by atoms with Gasteiger partial charge >= 0.3 is 5.97 Å². The lowest BCUT2D eigenvalue weighted by Gasteiger charge is -2.24. The van der Waals surface area contributed by atoms with Gasteiger partial charge in [-0.2, -0.15) is 0 Å². The summed E-state index contributed by atoms with van der Waals surface area (Å²) in [5, 5.41) is 3.23. The van der Waals surface area contributed by atoms with Gasteiger partial charge in [-0.3, -0.25) is 9.78 Å². The second kappa shape index (κ2) is 8.48. The first-order chi connectivity index (χ1) is 11.9. The molecule has 0 aliphatic heterocycles. The van der Waals surface area contributed by atoms with E-state index in [9.17, 15) is 9.59 Å². The Balaban J connectivity index is 1.77. The summed E-state index contributed by atoms with van der Waals surface area (Å²) in [5.74, 6) is -0.296. The minimum absolute atomic E-state index is 0.0399. The predicted octanol–water partition coefficient (Wildman–Crippen LogP) is 2.87. The number of halogens is 1. The molecule has 1 aromatic heterocycles. The normalized spacial score (nSPS) is 10.8. The standard InChI is InChI=1S/C18H19ClN2O4/c1-18(2,25-15-7-5-14(19)6-8-15)17(23)24-11-10-21-16(22)13-4-3-9-20-12-13/h3-9,12H,10-11H2,1-2H3,(H,21,22). The van der Waals surface area contributed by atoms with Gasteiger partial charge in [0.1, 0.15) is 12.4 Å². The van der Waals surface area contributed by atoms with Gasteiger partial charge in [0.25, 0.3) is 5.91 Å². The lowest BCUT2D eigenvalue weighted by atomic mass is 10.1. The zero-order valence-corrected chi connectivity index (χ0v) is 14.7. The quantitative estimate of drug-likeness (QED) is 0.605. The number of pyridine rings is 1. The van der Waals surface area contributed by atoms with Crippen LogP contribution in [0.2, 0.25) is 5.02 Å². The van der Waals surface area contributed by atoms with Crippen LogP contribution in [-0.2, 0) is 9.53 Å². The summed E-state index contributed by atoms with van der Waals surface area (Å²) < 4.78 is 10.8. The zero-order chi connectivity index (χ0) is 18.3. The molecule has 0 aliphatic rings. The lowest BCUT2D eigenvalue weighted by Crippen LogP contribution is -2.41. The molecule has 0 saturated heterocycles. The summed E-state index contributed by atoms with van der Waals surface area (Å²) in [6.45, 7) is 3.45. The van der Waals surface area contributed by atoms with E-state index in [-0.39, 0.29) is 19.1 Å². The molecule has 6 nitrogen and oxygen atoms in total. The molecule has 1 amide bonds. The number of rotatable bonds is 7. The number of carbonyl (C=O) groups excluding carboxylic acids is 2. The molecule has 0 bridgehead atoms. The Bertz CT molecular complexity index is 718. The van der Waals surface area contributed by atoms with Crippen LogP contribution in [0.1, 0.15) is 24.2 Å². The number of esters is 1. The van der Waals surface area contributed by atoms with Gasteiger partial charge in [-0.15, -0.1) is 0 Å². The summed E-state index contributed by atoms with van der Waals surface area (Å²) in [6.07, 6.45) is 3.05. The number of nitrogens with zero attached hydrogens (tertiary/aromatic N) is 1. The number of hydrogen-bond acceptors (Lipinski definition) is 5. The van der Waals surface area contributed by atoms with Crippen molar-refractivity contribution in [2.75, 3.05) is 13.2 Å². The molecule has 0 radical (unpaired) electrons. The van der Waals surface area contributed by atoms with E-state index in [1.165, 1.54) is 6.20 Å². The highest BCUT2D eigenvalue weighted by molar-refractivity contribution is 6.30. The van der Waals surface area contributed by atoms with Crippen LogP contribution in [0.4, 0.5) is 0 Å². The van der Waals surface area contributed by atoms with Gasteiger partial charge < -0.3 is 14.8 Å². The van der Waals surface area contributed by atoms with Crippen LogP contribution < -0.4 is 10.1 Å². The zero-order valence-electron chi connectivity index (χ0n) is 14.0. The van der Waals surface area contributed by atoms with E-state index in [0.29, 0.717) is 16.3 Å². The van der Waals surface area contributed by atoms with Gasteiger partial charge in [0.15, 0.2) is 5.60 Å². The maximum atomic E-state index is 12.2. The first-order valence-corrected chi connectivity index (χ1v) is 8.06. The van der Waals surface area contributed by atoms with E-state index in [4.69, 9.17) is 21.1 Å². The minimum Gasteiger partial charge on any atom is -0.476 e. The Kier molecular flexibility index (Phi) is 6.36. The van der Waals surface area contributed by atoms with Crippen LogP contribution in [0.3, 0.4) is 0 Å². The fourth-order valence-electron chi connectivity index (χ4n) is 1.92. The van der Waals surface area contributed by atoms with Crippen LogP contribution >= 0.6 is 11.6 Å². The average Bonchev–Trinajstić information content (AvgIpc) is 2.61. The number of carbonyl (C=O) groups is 2. The molecule has 0 aliphatic carbocycles. The Labute approximate surface area is 151 Å². The van der Waals surface area contributed by atoms with Crippen molar-refractivity contribution in [2.24, 2.45) is 0 Å². The number of hydrogen-bond donors (Lipinski definition) is 1. The molecule has 0 fully saturated rings. The topological polar surface area (TPSA) is 77.5 Å². The molecule has 0 saturated carbocycles. The van der Waals surface area contributed by atoms with E-state index in [0.717, 1.165) is 0 Å². The fraction of sp³-hybridized carbons (Fsp3) is 0.278. The highest BCUT2D eigenvalue weighted by Gasteiger charge is 2.31. The van der Waals surface area contributed by atoms with E-state index in [2.05, 4.69) is 10.3 Å². The van der Waals surface area contributed by atoms with Crippen molar-refractivity contribution in [1.29, 1.82) is 0 Å². The van der Waals surface area contributed by atoms with Gasteiger partial charge in [-0.1, -0.05) is 11.6 Å². The fourth-order valence-corrected chi connectivity index (χ4v) is 2.05. The van der Waals surface area contributed by atoms with Crippen LogP contribution in [0.5, 0.6) is 5.75 Å². The summed E-state index contributed by atoms with van der Waals surface area (Å²) in [5.41, 5.74) is -0.721. The van der Waals surface area contributed by atoms with Gasteiger partial charge in [-0.05, 0) is 50.2 Å². The Morgan fingerprint density at radius 3 is 2.56 bits per heavy atom. The molecule has 2 aromatic rings. The summed E-state index contributed by atoms with van der Waals surface area (Å²) >= 11 is 5.81. The summed E-state index contributed by atoms with van der Waals surface area (Å²) in [4.78, 5) is 27.9. The van der Waals surface area contributed by atoms with Gasteiger partial charge in [-0.25, -0.2) is 4.79 Å². The second-order valence-electron chi connectivity index (χ2n) is 5.70. The van der Waals surface area contributed by atoms with Crippen molar-refractivity contribution in [3.05, 3.63) is 59.4 Å². The van der Waals surface area contributed by atoms with Crippen LogP contribution in [0.25, 0.3) is 0 Å². The summed E-state index contributed by atoms with van der Waals surface area (Å²) in [7, 11) is 0.